The molecular weight excluding hydrogens is 128 g/mol. The van der Waals surface area contributed by atoms with E-state index in [2.05, 4.69) is 0 Å². The molecule has 1 saturated carbocycles. The molecule has 0 radical (unpaired) electrons. The van der Waals surface area contributed by atoms with Crippen LogP contribution in [0.15, 0.2) is 0 Å². The number of Topliss-reactive ketones (excluding diaryl/α,β-unsaturated/α-hetero) is 1. The predicted octanol–water partition coefficient (Wildman–Crippen LogP) is 1.13. The van der Waals surface area contributed by atoms with Gasteiger partial charge in [-0.2, -0.15) is 0 Å². The molecule has 0 heterocycles. The van der Waals surface area contributed by atoms with Crippen LogP contribution in [0.4, 0.5) is 0 Å². The molecule has 0 atom stereocenters. The van der Waals surface area contributed by atoms with E-state index in [1.54, 1.807) is 0 Å². The Morgan fingerprint density at radius 2 is 2.20 bits per heavy atom. The van der Waals surface area contributed by atoms with Crippen LogP contribution in [0, 0.1) is 5.92 Å². The van der Waals surface area contributed by atoms with Crippen molar-refractivity contribution >= 4 is 5.78 Å². The average Bonchev–Trinajstić information content (AvgIpc) is 1.84. The minimum Gasteiger partial charge on any atom is -0.389 e. The molecule has 2 heteroatoms. The third kappa shape index (κ3) is 2.10. The molecule has 0 aromatic carbocycles. The lowest BCUT2D eigenvalue weighted by Gasteiger charge is -2.24. The highest BCUT2D eigenvalue weighted by molar-refractivity contribution is 5.79. The molecule has 0 aromatic heterocycles. The van der Waals surface area contributed by atoms with E-state index in [1.807, 2.05) is 0 Å². The van der Waals surface area contributed by atoms with E-state index in [9.17, 15) is 4.79 Å². The maximum atomic E-state index is 10.6. The number of hydrogen-bond acceptors (Lipinski definition) is 2. The smallest absolute Gasteiger partial charge is 0.158 e. The number of aliphatic hydroxyl groups is 1. The van der Waals surface area contributed by atoms with E-state index >= 15 is 0 Å². The molecule has 1 N–H and O–H groups in total. The van der Waals surface area contributed by atoms with Crippen molar-refractivity contribution in [2.24, 2.45) is 5.92 Å². The van der Waals surface area contributed by atoms with Gasteiger partial charge in [0, 0.05) is 6.42 Å². The van der Waals surface area contributed by atoms with Crippen molar-refractivity contribution in [1.82, 2.24) is 0 Å². The molecule has 0 aliphatic heterocycles. The van der Waals surface area contributed by atoms with Gasteiger partial charge in [0.25, 0.3) is 0 Å². The van der Waals surface area contributed by atoms with E-state index in [0.717, 1.165) is 12.3 Å². The first kappa shape index (κ1) is 7.73. The van der Waals surface area contributed by atoms with Gasteiger partial charge in [0.15, 0.2) is 5.78 Å². The summed E-state index contributed by atoms with van der Waals surface area (Å²) in [5, 5.41) is 8.39. The van der Waals surface area contributed by atoms with Gasteiger partial charge in [-0.05, 0) is 12.3 Å². The lowest BCUT2D eigenvalue weighted by Crippen LogP contribution is -2.13. The summed E-state index contributed by atoms with van der Waals surface area (Å²) in [7, 11) is 0. The first-order valence-electron chi connectivity index (χ1n) is 3.95. The maximum Gasteiger partial charge on any atom is 0.158 e. The Hall–Kier alpha value is -0.370. The van der Waals surface area contributed by atoms with Crippen molar-refractivity contribution in [2.45, 2.75) is 32.1 Å². The van der Waals surface area contributed by atoms with Gasteiger partial charge >= 0.3 is 0 Å². The van der Waals surface area contributed by atoms with E-state index in [4.69, 9.17) is 5.11 Å². The van der Waals surface area contributed by atoms with E-state index < -0.39 is 0 Å². The Bertz CT molecular complexity index is 116. The zero-order chi connectivity index (χ0) is 7.40. The molecule has 0 saturated heterocycles. The largest absolute Gasteiger partial charge is 0.389 e. The number of rotatable bonds is 4. The van der Waals surface area contributed by atoms with Gasteiger partial charge in [0.2, 0.25) is 0 Å². The molecule has 1 fully saturated rings. The first-order chi connectivity index (χ1) is 4.83. The lowest BCUT2D eigenvalue weighted by atomic mass is 9.82. The van der Waals surface area contributed by atoms with Crippen LogP contribution in [0.25, 0.3) is 0 Å². The molecule has 1 rings (SSSR count). The summed E-state index contributed by atoms with van der Waals surface area (Å²) < 4.78 is 0. The summed E-state index contributed by atoms with van der Waals surface area (Å²) in [5.74, 6) is 0.780. The summed E-state index contributed by atoms with van der Waals surface area (Å²) in [6.07, 6.45) is 5.50. The predicted molar refractivity (Wildman–Crippen MR) is 38.7 cm³/mol. The van der Waals surface area contributed by atoms with Crippen LogP contribution in [0.5, 0.6) is 0 Å². The number of ketones is 1. The summed E-state index contributed by atoms with van der Waals surface area (Å²) in [6, 6.07) is 0. The highest BCUT2D eigenvalue weighted by atomic mass is 16.3. The SMILES string of the molecule is O=C(CO)CCC1CCC1. The van der Waals surface area contributed by atoms with Crippen molar-refractivity contribution in [1.29, 1.82) is 0 Å². The van der Waals surface area contributed by atoms with Crippen LogP contribution < -0.4 is 0 Å². The molecule has 0 unspecified atom stereocenters. The second-order valence-corrected chi connectivity index (χ2v) is 3.03. The standard InChI is InChI=1S/C8H14O2/c9-6-8(10)5-4-7-2-1-3-7/h7,9H,1-6H2. The van der Waals surface area contributed by atoms with Crippen molar-refractivity contribution in [3.63, 3.8) is 0 Å². The maximum absolute atomic E-state index is 10.6. The fourth-order valence-corrected chi connectivity index (χ4v) is 1.23. The van der Waals surface area contributed by atoms with Crippen molar-refractivity contribution in [3.05, 3.63) is 0 Å². The summed E-state index contributed by atoms with van der Waals surface area (Å²) in [5.41, 5.74) is 0. The van der Waals surface area contributed by atoms with Gasteiger partial charge in [-0.15, -0.1) is 0 Å². The van der Waals surface area contributed by atoms with Crippen LogP contribution in [-0.4, -0.2) is 17.5 Å². The highest BCUT2D eigenvalue weighted by Crippen LogP contribution is 2.30. The number of aliphatic hydroxyl groups excluding tert-OH is 1. The minimum atomic E-state index is -0.271. The van der Waals surface area contributed by atoms with Crippen LogP contribution in [0.2, 0.25) is 0 Å². The number of hydrogen-bond donors (Lipinski definition) is 1. The van der Waals surface area contributed by atoms with Gasteiger partial charge < -0.3 is 5.11 Å². The summed E-state index contributed by atoms with van der Waals surface area (Å²) >= 11 is 0. The van der Waals surface area contributed by atoms with Crippen LogP contribution in [0.1, 0.15) is 32.1 Å². The normalized spacial score (nSPS) is 18.5. The van der Waals surface area contributed by atoms with Gasteiger partial charge in [-0.1, -0.05) is 19.3 Å². The van der Waals surface area contributed by atoms with Gasteiger partial charge in [0.1, 0.15) is 6.61 Å². The zero-order valence-corrected chi connectivity index (χ0v) is 6.18. The molecule has 0 spiro atoms. The lowest BCUT2D eigenvalue weighted by molar-refractivity contribution is -0.122. The molecule has 0 aromatic rings. The molecule has 0 bridgehead atoms. The highest BCUT2D eigenvalue weighted by Gasteiger charge is 2.17. The van der Waals surface area contributed by atoms with E-state index in [0.29, 0.717) is 6.42 Å². The number of carbonyl (C=O) groups excluding carboxylic acids is 1. The molecule has 58 valence electrons. The Morgan fingerprint density at radius 3 is 2.60 bits per heavy atom. The van der Waals surface area contributed by atoms with Crippen molar-refractivity contribution < 1.29 is 9.90 Å². The van der Waals surface area contributed by atoms with Crippen LogP contribution >= 0.6 is 0 Å². The molecule has 0 amide bonds. The Labute approximate surface area is 61.2 Å². The van der Waals surface area contributed by atoms with Crippen molar-refractivity contribution in [2.75, 3.05) is 6.61 Å². The zero-order valence-electron chi connectivity index (χ0n) is 6.18. The number of carbonyl (C=O) groups is 1. The van der Waals surface area contributed by atoms with Gasteiger partial charge in [0.05, 0.1) is 0 Å². The third-order valence-electron chi connectivity index (χ3n) is 2.23. The topological polar surface area (TPSA) is 37.3 Å². The fourth-order valence-electron chi connectivity index (χ4n) is 1.23. The first-order valence-corrected chi connectivity index (χ1v) is 3.95. The molecule has 1 aliphatic rings. The minimum absolute atomic E-state index is 0.00750. The Balaban J connectivity index is 1.98. The summed E-state index contributed by atoms with van der Waals surface area (Å²) in [6.45, 7) is -0.271. The second kappa shape index (κ2) is 3.71. The average molecular weight is 142 g/mol. The fraction of sp³-hybridized carbons (Fsp3) is 0.875. The second-order valence-electron chi connectivity index (χ2n) is 3.03. The molecule has 2 nitrogen and oxygen atoms in total. The Kier molecular flexibility index (Phi) is 2.87. The van der Waals surface area contributed by atoms with Gasteiger partial charge in [-0.25, -0.2) is 0 Å². The Morgan fingerprint density at radius 1 is 1.50 bits per heavy atom. The molecular formula is C8H14O2. The van der Waals surface area contributed by atoms with Crippen molar-refractivity contribution in [3.8, 4) is 0 Å². The molecule has 1 aliphatic carbocycles. The quantitative estimate of drug-likeness (QED) is 0.638. The summed E-state index contributed by atoms with van der Waals surface area (Å²) in [4.78, 5) is 10.6. The van der Waals surface area contributed by atoms with Crippen LogP contribution in [-0.2, 0) is 4.79 Å². The van der Waals surface area contributed by atoms with E-state index in [-0.39, 0.29) is 12.4 Å². The van der Waals surface area contributed by atoms with Crippen LogP contribution in [0.3, 0.4) is 0 Å². The molecule has 10 heavy (non-hydrogen) atoms. The van der Waals surface area contributed by atoms with E-state index in [1.165, 1.54) is 19.3 Å². The monoisotopic (exact) mass is 142 g/mol. The van der Waals surface area contributed by atoms with Gasteiger partial charge in [-0.3, -0.25) is 4.79 Å². The third-order valence-corrected chi connectivity index (χ3v) is 2.23.